The van der Waals surface area contributed by atoms with Crippen LogP contribution in [0.3, 0.4) is 0 Å². The summed E-state index contributed by atoms with van der Waals surface area (Å²) in [4.78, 5) is 13.5. The van der Waals surface area contributed by atoms with Gasteiger partial charge in [0.15, 0.2) is 0 Å². The Labute approximate surface area is 211 Å². The minimum atomic E-state index is -3.90. The Morgan fingerprint density at radius 3 is 2.44 bits per heavy atom. The summed E-state index contributed by atoms with van der Waals surface area (Å²) in [5.74, 6) is -1.29. The predicted molar refractivity (Wildman–Crippen MR) is 140 cm³/mol. The van der Waals surface area contributed by atoms with Crippen molar-refractivity contribution in [1.82, 2.24) is 9.62 Å². The van der Waals surface area contributed by atoms with E-state index in [1.54, 1.807) is 36.4 Å². The molecule has 8 nitrogen and oxygen atoms in total. The number of piperidine rings is 1. The molecule has 0 aromatic heterocycles. The van der Waals surface area contributed by atoms with Crippen molar-refractivity contribution in [1.29, 1.82) is 5.41 Å². The van der Waals surface area contributed by atoms with Gasteiger partial charge < -0.3 is 15.7 Å². The molecule has 1 aliphatic rings. The number of nitrogens with two attached hydrogens (primary N) is 1. The molecule has 0 unspecified atom stereocenters. The van der Waals surface area contributed by atoms with Gasteiger partial charge in [-0.25, -0.2) is 13.1 Å². The van der Waals surface area contributed by atoms with Crippen molar-refractivity contribution in [2.75, 3.05) is 13.1 Å². The fourth-order valence-corrected chi connectivity index (χ4v) is 5.81. The van der Waals surface area contributed by atoms with Crippen molar-refractivity contribution < 1.29 is 18.3 Å². The lowest BCUT2D eigenvalue weighted by atomic mass is 9.95. The highest BCUT2D eigenvalue weighted by Crippen LogP contribution is 2.25. The van der Waals surface area contributed by atoms with Crippen molar-refractivity contribution in [3.63, 3.8) is 0 Å². The van der Waals surface area contributed by atoms with E-state index in [0.717, 1.165) is 16.3 Å². The zero-order chi connectivity index (χ0) is 25.9. The molecule has 1 saturated heterocycles. The minimum Gasteiger partial charge on any atom is -0.481 e. The molecule has 3 aromatic carbocycles. The van der Waals surface area contributed by atoms with Gasteiger partial charge in [-0.15, -0.1) is 0 Å². The smallest absolute Gasteiger partial charge is 0.306 e. The summed E-state index contributed by atoms with van der Waals surface area (Å²) in [6.07, 6.45) is 1.24. The third-order valence-corrected chi connectivity index (χ3v) is 8.13. The van der Waals surface area contributed by atoms with Crippen LogP contribution in [0.1, 0.15) is 24.0 Å². The Morgan fingerprint density at radius 2 is 1.78 bits per heavy atom. The number of hydrogen-bond acceptors (Lipinski definition) is 5. The van der Waals surface area contributed by atoms with Gasteiger partial charge in [-0.3, -0.25) is 10.2 Å². The molecule has 188 valence electrons. The number of carbonyl (C=O) groups is 1. The van der Waals surface area contributed by atoms with Crippen LogP contribution in [0, 0.1) is 11.3 Å². The number of fused-ring (bicyclic) bond motifs is 1. The largest absolute Gasteiger partial charge is 0.481 e. The van der Waals surface area contributed by atoms with Crippen molar-refractivity contribution >= 4 is 32.6 Å². The molecule has 1 fully saturated rings. The van der Waals surface area contributed by atoms with Gasteiger partial charge in [-0.1, -0.05) is 55.1 Å². The molecule has 1 heterocycles. The number of carboxylic acid groups (broad SMARTS) is 1. The molecule has 3 aromatic rings. The predicted octanol–water partition coefficient (Wildman–Crippen LogP) is 3.32. The Kier molecular flexibility index (Phi) is 7.42. The first-order valence-electron chi connectivity index (χ1n) is 11.7. The number of amidine groups is 1. The summed E-state index contributed by atoms with van der Waals surface area (Å²) in [5, 5.41) is 18.8. The van der Waals surface area contributed by atoms with Crippen LogP contribution in [0.4, 0.5) is 0 Å². The first kappa shape index (κ1) is 25.4. The monoisotopic (exact) mass is 506 g/mol. The number of sulfonamides is 1. The number of aliphatic carboxylic acids is 1. The van der Waals surface area contributed by atoms with Crippen LogP contribution in [-0.4, -0.2) is 49.4 Å². The van der Waals surface area contributed by atoms with Crippen LogP contribution in [0.15, 0.2) is 83.9 Å². The number of hydrogen-bond donors (Lipinski definition) is 4. The lowest BCUT2D eigenvalue weighted by Crippen LogP contribution is -2.45. The number of nitrogens with one attached hydrogen (secondary N) is 2. The molecule has 5 N–H and O–H groups in total. The molecule has 0 bridgehead atoms. The van der Waals surface area contributed by atoms with E-state index in [2.05, 4.69) is 11.3 Å². The van der Waals surface area contributed by atoms with Crippen molar-refractivity contribution in [2.45, 2.75) is 30.2 Å². The molecular formula is C27H30N4O4S. The van der Waals surface area contributed by atoms with Gasteiger partial charge in [-0.05, 0) is 53.8 Å². The summed E-state index contributed by atoms with van der Waals surface area (Å²) in [6, 6.07) is 19.0. The minimum absolute atomic E-state index is 0.0697. The average molecular weight is 507 g/mol. The maximum absolute atomic E-state index is 13.5. The lowest BCUT2D eigenvalue weighted by Gasteiger charge is -2.36. The Hall–Kier alpha value is -3.69. The normalized spacial score (nSPS) is 15.5. The highest BCUT2D eigenvalue weighted by atomic mass is 32.2. The average Bonchev–Trinajstić information content (AvgIpc) is 2.87. The van der Waals surface area contributed by atoms with E-state index in [9.17, 15) is 18.3 Å². The van der Waals surface area contributed by atoms with E-state index in [0.29, 0.717) is 43.6 Å². The summed E-state index contributed by atoms with van der Waals surface area (Å²) in [6.45, 7) is 5.18. The van der Waals surface area contributed by atoms with E-state index in [1.165, 1.54) is 0 Å². The van der Waals surface area contributed by atoms with Crippen LogP contribution >= 0.6 is 0 Å². The van der Waals surface area contributed by atoms with Crippen molar-refractivity contribution in [2.24, 2.45) is 11.7 Å². The number of nitrogen functional groups attached to an aromatic ring is 1. The molecule has 1 atom stereocenters. The van der Waals surface area contributed by atoms with Crippen LogP contribution in [0.5, 0.6) is 0 Å². The standard InChI is InChI=1S/C27H30N4O4S/c1-18(31-13-11-21(12-14-31)27(32)33)25(16-19-5-4-8-23(15-19)26(28)29)30-36(34,35)24-10-9-20-6-2-3-7-22(20)17-24/h2-10,15,17,21,25,30H,1,11-14,16H2,(H3,28,29)(H,32,33)/t25-/m0/s1. The Balaban J connectivity index is 1.62. The second-order valence-corrected chi connectivity index (χ2v) is 10.8. The van der Waals surface area contributed by atoms with Gasteiger partial charge in [0.1, 0.15) is 5.84 Å². The van der Waals surface area contributed by atoms with Crippen LogP contribution < -0.4 is 10.5 Å². The zero-order valence-electron chi connectivity index (χ0n) is 19.9. The first-order chi connectivity index (χ1) is 17.1. The number of rotatable bonds is 9. The van der Waals surface area contributed by atoms with Crippen LogP contribution in [0.2, 0.25) is 0 Å². The number of nitrogens with zero attached hydrogens (tertiary/aromatic N) is 1. The van der Waals surface area contributed by atoms with Gasteiger partial charge in [0.25, 0.3) is 0 Å². The summed E-state index contributed by atoms with van der Waals surface area (Å²) < 4.78 is 29.8. The zero-order valence-corrected chi connectivity index (χ0v) is 20.7. The highest BCUT2D eigenvalue weighted by molar-refractivity contribution is 7.89. The quantitative estimate of drug-likeness (QED) is 0.260. The number of carboxylic acids is 1. The van der Waals surface area contributed by atoms with Gasteiger partial charge >= 0.3 is 5.97 Å². The molecule has 1 aliphatic heterocycles. The maximum atomic E-state index is 13.5. The third-order valence-electron chi connectivity index (χ3n) is 6.66. The third kappa shape index (κ3) is 5.75. The van der Waals surface area contributed by atoms with E-state index >= 15 is 0 Å². The molecule has 4 rings (SSSR count). The lowest BCUT2D eigenvalue weighted by molar-refractivity contribution is -0.143. The van der Waals surface area contributed by atoms with E-state index in [4.69, 9.17) is 11.1 Å². The second kappa shape index (κ2) is 10.5. The fourth-order valence-electron chi connectivity index (χ4n) is 4.55. The number of benzene rings is 3. The Bertz CT molecular complexity index is 1410. The molecule has 0 aliphatic carbocycles. The SMILES string of the molecule is C=C([C@H](Cc1cccc(C(=N)N)c1)NS(=O)(=O)c1ccc2ccccc2c1)N1CCC(C(=O)O)CC1. The molecular weight excluding hydrogens is 476 g/mol. The van der Waals surface area contributed by atoms with Gasteiger partial charge in [-0.2, -0.15) is 0 Å². The summed E-state index contributed by atoms with van der Waals surface area (Å²) >= 11 is 0. The van der Waals surface area contributed by atoms with E-state index in [-0.39, 0.29) is 10.7 Å². The molecule has 36 heavy (non-hydrogen) atoms. The van der Waals surface area contributed by atoms with Gasteiger partial charge in [0, 0.05) is 24.4 Å². The van der Waals surface area contributed by atoms with Crippen LogP contribution in [-0.2, 0) is 21.2 Å². The van der Waals surface area contributed by atoms with Crippen molar-refractivity contribution in [3.05, 3.63) is 90.1 Å². The van der Waals surface area contributed by atoms with Gasteiger partial charge in [0.2, 0.25) is 10.0 Å². The molecule has 0 saturated carbocycles. The second-order valence-electron chi connectivity index (χ2n) is 9.09. The van der Waals surface area contributed by atoms with E-state index < -0.39 is 28.0 Å². The summed E-state index contributed by atoms with van der Waals surface area (Å²) in [7, 11) is -3.90. The fraction of sp³-hybridized carbons (Fsp3) is 0.259. The van der Waals surface area contributed by atoms with E-state index in [1.807, 2.05) is 35.2 Å². The molecule has 9 heteroatoms. The number of likely N-dealkylation sites (tertiary alicyclic amines) is 1. The van der Waals surface area contributed by atoms with Crippen LogP contribution in [0.25, 0.3) is 10.8 Å². The molecule has 0 spiro atoms. The van der Waals surface area contributed by atoms with Gasteiger partial charge in [0.05, 0.1) is 16.9 Å². The molecule has 0 amide bonds. The maximum Gasteiger partial charge on any atom is 0.306 e. The highest BCUT2D eigenvalue weighted by Gasteiger charge is 2.30. The first-order valence-corrected chi connectivity index (χ1v) is 13.2. The summed E-state index contributed by atoms with van der Waals surface area (Å²) in [5.41, 5.74) is 7.58. The molecule has 0 radical (unpaired) electrons. The van der Waals surface area contributed by atoms with Crippen molar-refractivity contribution in [3.8, 4) is 0 Å². The topological polar surface area (TPSA) is 137 Å². The Morgan fingerprint density at radius 1 is 1.08 bits per heavy atom.